The number of hydrogen-bond donors (Lipinski definition) is 2. The Labute approximate surface area is 168 Å². The summed E-state index contributed by atoms with van der Waals surface area (Å²) in [4.78, 5) is 15.3. The number of aromatic nitrogens is 4. The van der Waals surface area contributed by atoms with Gasteiger partial charge in [0.25, 0.3) is 5.91 Å². The van der Waals surface area contributed by atoms with Crippen molar-refractivity contribution in [2.45, 2.75) is 9.79 Å². The van der Waals surface area contributed by atoms with Gasteiger partial charge in [0.15, 0.2) is 11.5 Å². The van der Waals surface area contributed by atoms with Gasteiger partial charge in [-0.2, -0.15) is 0 Å². The zero-order valence-corrected chi connectivity index (χ0v) is 16.6. The number of hydrogen-bond acceptors (Lipinski definition) is 8. The number of nitrogens with zero attached hydrogens (tertiary/aromatic N) is 3. The van der Waals surface area contributed by atoms with Gasteiger partial charge >= 0.3 is 0 Å². The van der Waals surface area contributed by atoms with Crippen LogP contribution in [-0.4, -0.2) is 40.8 Å². The molecule has 8 nitrogen and oxygen atoms in total. The monoisotopic (exact) mass is 413 g/mol. The van der Waals surface area contributed by atoms with E-state index >= 15 is 0 Å². The molecule has 0 atom stereocenters. The molecule has 4 rings (SSSR count). The smallest absolute Gasteiger partial charge is 0.269 e. The summed E-state index contributed by atoms with van der Waals surface area (Å²) in [5.41, 5.74) is 0. The first kappa shape index (κ1) is 18.3. The van der Waals surface area contributed by atoms with E-state index in [1.54, 1.807) is 14.2 Å². The van der Waals surface area contributed by atoms with E-state index in [0.29, 0.717) is 16.4 Å². The van der Waals surface area contributed by atoms with Crippen LogP contribution in [0.25, 0.3) is 10.1 Å². The predicted molar refractivity (Wildman–Crippen MR) is 108 cm³/mol. The van der Waals surface area contributed by atoms with Crippen LogP contribution in [-0.2, 0) is 0 Å². The van der Waals surface area contributed by atoms with Crippen molar-refractivity contribution in [3.63, 3.8) is 0 Å². The third-order valence-corrected chi connectivity index (χ3v) is 6.31. The summed E-state index contributed by atoms with van der Waals surface area (Å²) in [7, 11) is 3.17. The third-order valence-electron chi connectivity index (χ3n) is 3.90. The van der Waals surface area contributed by atoms with E-state index in [9.17, 15) is 4.79 Å². The van der Waals surface area contributed by atoms with Crippen molar-refractivity contribution < 1.29 is 14.3 Å². The number of fused-ring (bicyclic) bond motifs is 1. The summed E-state index contributed by atoms with van der Waals surface area (Å²) >= 11 is 2.89. The number of methoxy groups -OCH3 is 2. The van der Waals surface area contributed by atoms with Crippen LogP contribution in [0.4, 0.5) is 5.95 Å². The molecule has 0 radical (unpaired) electrons. The molecule has 0 unspecified atom stereocenters. The summed E-state index contributed by atoms with van der Waals surface area (Å²) < 4.78 is 11.8. The summed E-state index contributed by atoms with van der Waals surface area (Å²) in [5, 5.41) is 16.8. The van der Waals surface area contributed by atoms with Gasteiger partial charge < -0.3 is 9.47 Å². The molecule has 28 heavy (non-hydrogen) atoms. The molecule has 0 saturated carbocycles. The van der Waals surface area contributed by atoms with Gasteiger partial charge in [-0.1, -0.05) is 35.1 Å². The number of benzene rings is 2. The molecule has 2 N–H and O–H groups in total. The fourth-order valence-corrected chi connectivity index (χ4v) is 4.95. The molecule has 0 saturated heterocycles. The maximum absolute atomic E-state index is 12.9. The molecule has 2 aromatic carbocycles. The van der Waals surface area contributed by atoms with Gasteiger partial charge in [-0.15, -0.1) is 11.3 Å². The van der Waals surface area contributed by atoms with E-state index in [1.807, 2.05) is 42.5 Å². The van der Waals surface area contributed by atoms with E-state index in [-0.39, 0.29) is 11.9 Å². The normalized spacial score (nSPS) is 10.8. The van der Waals surface area contributed by atoms with Crippen molar-refractivity contribution in [2.75, 3.05) is 19.5 Å². The number of aromatic amines is 1. The van der Waals surface area contributed by atoms with Crippen LogP contribution in [0.3, 0.4) is 0 Å². The van der Waals surface area contributed by atoms with Gasteiger partial charge in [0, 0.05) is 25.9 Å². The first-order chi connectivity index (χ1) is 13.7. The van der Waals surface area contributed by atoms with Crippen LogP contribution in [0.15, 0.2) is 52.3 Å². The van der Waals surface area contributed by atoms with E-state index in [1.165, 1.54) is 23.1 Å². The Morgan fingerprint density at radius 2 is 1.89 bits per heavy atom. The zero-order chi connectivity index (χ0) is 19.5. The Hall–Kier alpha value is -3.11. The summed E-state index contributed by atoms with van der Waals surface area (Å²) in [5.74, 6) is 1.11. The number of amides is 1. The van der Waals surface area contributed by atoms with Crippen LogP contribution < -0.4 is 14.8 Å². The second kappa shape index (κ2) is 7.87. The topological polar surface area (TPSA) is 102 Å². The van der Waals surface area contributed by atoms with Crippen molar-refractivity contribution in [3.8, 4) is 11.5 Å². The molecular formula is C18H15N5O3S2. The molecule has 0 aliphatic rings. The van der Waals surface area contributed by atoms with Crippen LogP contribution in [0.5, 0.6) is 11.5 Å². The van der Waals surface area contributed by atoms with Gasteiger partial charge in [-0.3, -0.25) is 10.1 Å². The van der Waals surface area contributed by atoms with E-state index in [0.717, 1.165) is 19.9 Å². The van der Waals surface area contributed by atoms with Gasteiger partial charge in [0.05, 0.1) is 14.2 Å². The highest BCUT2D eigenvalue weighted by Crippen LogP contribution is 2.45. The molecule has 142 valence electrons. The van der Waals surface area contributed by atoms with Crippen molar-refractivity contribution in [3.05, 3.63) is 47.3 Å². The molecule has 1 amide bonds. The maximum Gasteiger partial charge on any atom is 0.269 e. The van der Waals surface area contributed by atoms with Gasteiger partial charge in [-0.05, 0) is 28.6 Å². The summed E-state index contributed by atoms with van der Waals surface area (Å²) in [6.45, 7) is 0. The fourth-order valence-electron chi connectivity index (χ4n) is 2.63. The first-order valence-corrected chi connectivity index (χ1v) is 9.79. The summed E-state index contributed by atoms with van der Waals surface area (Å²) in [6, 6.07) is 13.6. The van der Waals surface area contributed by atoms with Crippen LogP contribution >= 0.6 is 23.1 Å². The molecule has 0 aliphatic heterocycles. The largest absolute Gasteiger partial charge is 0.493 e. The number of nitrogens with one attached hydrogen (secondary N) is 2. The van der Waals surface area contributed by atoms with Crippen molar-refractivity contribution in [1.82, 2.24) is 20.6 Å². The molecule has 0 spiro atoms. The SMILES string of the molecule is COc1cc2sc(C(=O)Nc3nnn[nH]3)c(Sc3ccccc3)c2cc1OC. The van der Waals surface area contributed by atoms with E-state index < -0.39 is 0 Å². The molecular weight excluding hydrogens is 398 g/mol. The van der Waals surface area contributed by atoms with E-state index in [4.69, 9.17) is 9.47 Å². The minimum atomic E-state index is -0.295. The highest BCUT2D eigenvalue weighted by Gasteiger charge is 2.22. The Bertz CT molecular complexity index is 1110. The second-order valence-corrected chi connectivity index (χ2v) is 7.72. The number of thiophene rings is 1. The zero-order valence-electron chi connectivity index (χ0n) is 14.9. The molecule has 0 bridgehead atoms. The molecule has 10 heteroatoms. The standard InChI is InChI=1S/C18H15N5O3S2/c1-25-12-8-11-14(9-13(12)26-2)28-16(17(24)19-18-20-22-23-21-18)15(11)27-10-6-4-3-5-7-10/h3-9H,1-2H3,(H2,19,20,21,22,23,24). The van der Waals surface area contributed by atoms with Crippen molar-refractivity contribution in [2.24, 2.45) is 0 Å². The van der Waals surface area contributed by atoms with Crippen molar-refractivity contribution >= 4 is 45.0 Å². The quantitative estimate of drug-likeness (QED) is 0.495. The molecule has 0 fully saturated rings. The van der Waals surface area contributed by atoms with Crippen LogP contribution in [0.1, 0.15) is 9.67 Å². The number of anilines is 1. The van der Waals surface area contributed by atoms with Gasteiger partial charge in [-0.25, -0.2) is 5.10 Å². The number of carbonyl (C=O) groups is 1. The fraction of sp³-hybridized carbons (Fsp3) is 0.111. The summed E-state index contributed by atoms with van der Waals surface area (Å²) in [6.07, 6.45) is 0. The first-order valence-electron chi connectivity index (χ1n) is 8.16. The number of tetrazole rings is 1. The lowest BCUT2D eigenvalue weighted by Gasteiger charge is -2.08. The minimum absolute atomic E-state index is 0.188. The van der Waals surface area contributed by atoms with E-state index in [2.05, 4.69) is 25.9 Å². The lowest BCUT2D eigenvalue weighted by molar-refractivity contribution is 0.102. The number of rotatable bonds is 6. The Balaban J connectivity index is 1.84. The van der Waals surface area contributed by atoms with Crippen LogP contribution in [0.2, 0.25) is 0 Å². The Kier molecular flexibility index (Phi) is 5.13. The number of carbonyl (C=O) groups excluding carboxylic acids is 1. The average Bonchev–Trinajstić information content (AvgIpc) is 3.35. The lowest BCUT2D eigenvalue weighted by Crippen LogP contribution is -2.12. The minimum Gasteiger partial charge on any atom is -0.493 e. The molecule has 4 aromatic rings. The number of ether oxygens (including phenoxy) is 2. The predicted octanol–water partition coefficient (Wildman–Crippen LogP) is 3.84. The molecule has 2 heterocycles. The lowest BCUT2D eigenvalue weighted by atomic mass is 10.2. The average molecular weight is 413 g/mol. The third kappa shape index (κ3) is 3.51. The molecule has 0 aliphatic carbocycles. The van der Waals surface area contributed by atoms with Gasteiger partial charge in [0.1, 0.15) is 4.88 Å². The molecule has 2 aromatic heterocycles. The van der Waals surface area contributed by atoms with Gasteiger partial charge in [0.2, 0.25) is 5.95 Å². The Morgan fingerprint density at radius 1 is 1.14 bits per heavy atom. The number of H-pyrrole nitrogens is 1. The van der Waals surface area contributed by atoms with Crippen LogP contribution in [0, 0.1) is 0 Å². The highest BCUT2D eigenvalue weighted by molar-refractivity contribution is 7.99. The maximum atomic E-state index is 12.9. The Morgan fingerprint density at radius 3 is 2.57 bits per heavy atom. The highest BCUT2D eigenvalue weighted by atomic mass is 32.2. The second-order valence-electron chi connectivity index (χ2n) is 5.58. The van der Waals surface area contributed by atoms with Crippen molar-refractivity contribution in [1.29, 1.82) is 0 Å².